The molecule has 0 atom stereocenters. The number of morpholine rings is 1. The van der Waals surface area contributed by atoms with E-state index in [1.54, 1.807) is 6.20 Å². The molecule has 36 heavy (non-hydrogen) atoms. The molecule has 2 aromatic carbocycles. The van der Waals surface area contributed by atoms with Gasteiger partial charge in [-0.3, -0.25) is 14.6 Å². The van der Waals surface area contributed by atoms with Gasteiger partial charge in [-0.15, -0.1) is 0 Å². The lowest BCUT2D eigenvalue weighted by molar-refractivity contribution is 0.101. The fraction of sp³-hybridized carbons (Fsp3) is 0.160. The number of hydrogen-bond donors (Lipinski definition) is 1. The number of aromatic nitrogens is 3. The number of halogens is 3. The van der Waals surface area contributed by atoms with Gasteiger partial charge in [-0.05, 0) is 36.4 Å². The lowest BCUT2D eigenvalue weighted by Crippen LogP contribution is -2.36. The van der Waals surface area contributed by atoms with E-state index in [4.69, 9.17) is 4.74 Å². The average Bonchev–Trinajstić information content (AvgIpc) is 2.90. The van der Waals surface area contributed by atoms with Crippen LogP contribution in [-0.4, -0.2) is 52.9 Å². The molecule has 0 radical (unpaired) electrons. The number of ether oxygens (including phenoxy) is 1. The van der Waals surface area contributed by atoms with Crippen molar-refractivity contribution in [2.24, 2.45) is 0 Å². The minimum atomic E-state index is -1.13. The molecule has 1 aliphatic heterocycles. The van der Waals surface area contributed by atoms with E-state index in [9.17, 15) is 18.4 Å². The number of rotatable bonds is 5. The van der Waals surface area contributed by atoms with Crippen molar-refractivity contribution >= 4 is 34.2 Å². The highest BCUT2D eigenvalue weighted by Crippen LogP contribution is 2.24. The molecule has 0 unspecified atom stereocenters. The van der Waals surface area contributed by atoms with Crippen molar-refractivity contribution in [2.75, 3.05) is 36.5 Å². The first-order valence-electron chi connectivity index (χ1n) is 11.0. The molecule has 1 amide bonds. The lowest BCUT2D eigenvalue weighted by atomic mass is 10.0. The SMILES string of the molecule is O=C(Nc1cc(F)cc(C(=O)c2cc3nc(N4CCOCC4)cnc3cn2)c1F)c1ccc(F)cc1. The van der Waals surface area contributed by atoms with Crippen LogP contribution in [0, 0.1) is 17.5 Å². The Bertz CT molecular complexity index is 1470. The second-order valence-corrected chi connectivity index (χ2v) is 7.99. The van der Waals surface area contributed by atoms with E-state index in [1.165, 1.54) is 24.4 Å². The fourth-order valence-corrected chi connectivity index (χ4v) is 3.75. The molecule has 0 spiro atoms. The number of anilines is 2. The summed E-state index contributed by atoms with van der Waals surface area (Å²) in [6.45, 7) is 2.38. The molecule has 1 fully saturated rings. The highest BCUT2D eigenvalue weighted by atomic mass is 19.1. The zero-order chi connectivity index (χ0) is 25.2. The monoisotopic (exact) mass is 493 g/mol. The Labute approximate surface area is 202 Å². The van der Waals surface area contributed by atoms with Gasteiger partial charge in [0.25, 0.3) is 5.91 Å². The predicted octanol–water partition coefficient (Wildman–Crippen LogP) is 3.76. The molecule has 2 aromatic heterocycles. The summed E-state index contributed by atoms with van der Waals surface area (Å²) < 4.78 is 48.0. The van der Waals surface area contributed by atoms with Crippen molar-refractivity contribution in [3.8, 4) is 0 Å². The third kappa shape index (κ3) is 4.73. The highest BCUT2D eigenvalue weighted by molar-refractivity contribution is 6.10. The zero-order valence-corrected chi connectivity index (χ0v) is 18.7. The number of ketones is 1. The molecule has 8 nitrogen and oxygen atoms in total. The van der Waals surface area contributed by atoms with Crippen LogP contribution in [0.1, 0.15) is 26.4 Å². The van der Waals surface area contributed by atoms with Gasteiger partial charge >= 0.3 is 0 Å². The van der Waals surface area contributed by atoms with Crippen LogP contribution in [0.2, 0.25) is 0 Å². The number of carbonyl (C=O) groups excluding carboxylic acids is 2. The summed E-state index contributed by atoms with van der Waals surface area (Å²) in [6, 6.07) is 7.34. The highest BCUT2D eigenvalue weighted by Gasteiger charge is 2.22. The van der Waals surface area contributed by atoms with Crippen molar-refractivity contribution in [1.82, 2.24) is 15.0 Å². The van der Waals surface area contributed by atoms with E-state index in [-0.39, 0.29) is 11.3 Å². The van der Waals surface area contributed by atoms with E-state index in [0.29, 0.717) is 43.2 Å². The maximum absolute atomic E-state index is 15.2. The second-order valence-electron chi connectivity index (χ2n) is 7.99. The summed E-state index contributed by atoms with van der Waals surface area (Å²) in [6.07, 6.45) is 2.92. The Morgan fingerprint density at radius 1 is 0.889 bits per heavy atom. The Kier molecular flexibility index (Phi) is 6.30. The number of hydrogen-bond acceptors (Lipinski definition) is 7. The molecular weight excluding hydrogens is 475 g/mol. The van der Waals surface area contributed by atoms with Crippen LogP contribution in [0.25, 0.3) is 11.0 Å². The van der Waals surface area contributed by atoms with Gasteiger partial charge in [0.2, 0.25) is 5.78 Å². The fourth-order valence-electron chi connectivity index (χ4n) is 3.75. The van der Waals surface area contributed by atoms with Gasteiger partial charge in [-0.1, -0.05) is 0 Å². The van der Waals surface area contributed by atoms with Gasteiger partial charge in [0, 0.05) is 24.7 Å². The van der Waals surface area contributed by atoms with E-state index in [1.807, 2.05) is 4.90 Å². The Balaban J connectivity index is 1.45. The van der Waals surface area contributed by atoms with E-state index >= 15 is 4.39 Å². The van der Waals surface area contributed by atoms with Crippen LogP contribution >= 0.6 is 0 Å². The minimum Gasteiger partial charge on any atom is -0.378 e. The molecule has 1 aliphatic rings. The molecule has 1 N–H and O–H groups in total. The lowest BCUT2D eigenvalue weighted by Gasteiger charge is -2.27. The smallest absolute Gasteiger partial charge is 0.255 e. The summed E-state index contributed by atoms with van der Waals surface area (Å²) in [5.41, 5.74) is -0.513. The summed E-state index contributed by atoms with van der Waals surface area (Å²) in [7, 11) is 0. The first kappa shape index (κ1) is 23.4. The average molecular weight is 493 g/mol. The topological polar surface area (TPSA) is 97.3 Å². The summed E-state index contributed by atoms with van der Waals surface area (Å²) in [5, 5.41) is 2.22. The number of amides is 1. The Morgan fingerprint density at radius 3 is 2.39 bits per heavy atom. The van der Waals surface area contributed by atoms with Gasteiger partial charge in [0.05, 0.1) is 42.4 Å². The van der Waals surface area contributed by atoms with Crippen molar-refractivity contribution < 1.29 is 27.5 Å². The molecule has 11 heteroatoms. The zero-order valence-electron chi connectivity index (χ0n) is 18.7. The summed E-state index contributed by atoms with van der Waals surface area (Å²) in [5.74, 6) is -3.73. The van der Waals surface area contributed by atoms with Crippen molar-refractivity contribution in [1.29, 1.82) is 0 Å². The van der Waals surface area contributed by atoms with Crippen LogP contribution in [0.5, 0.6) is 0 Å². The van der Waals surface area contributed by atoms with E-state index in [0.717, 1.165) is 24.3 Å². The maximum Gasteiger partial charge on any atom is 0.255 e. The van der Waals surface area contributed by atoms with Crippen LogP contribution in [0.3, 0.4) is 0 Å². The van der Waals surface area contributed by atoms with Crippen LogP contribution in [0.4, 0.5) is 24.7 Å². The molecule has 182 valence electrons. The van der Waals surface area contributed by atoms with Crippen molar-refractivity contribution in [3.05, 3.63) is 89.1 Å². The maximum atomic E-state index is 15.2. The molecule has 3 heterocycles. The van der Waals surface area contributed by atoms with Crippen molar-refractivity contribution in [2.45, 2.75) is 0 Å². The standard InChI is InChI=1S/C25H18F3N5O3/c26-15-3-1-14(2-4-15)25(35)32-19-10-16(27)9-17(23(19)28)24(34)20-11-18-21(12-29-20)30-13-22(31-18)33-5-7-36-8-6-33/h1-4,9-13H,5-8H2,(H,32,35). The molecule has 4 aromatic rings. The molecule has 0 bridgehead atoms. The first-order chi connectivity index (χ1) is 17.4. The quantitative estimate of drug-likeness (QED) is 0.423. The van der Waals surface area contributed by atoms with Gasteiger partial charge < -0.3 is 15.0 Å². The number of nitrogens with one attached hydrogen (secondary N) is 1. The minimum absolute atomic E-state index is 0.0266. The first-order valence-corrected chi connectivity index (χ1v) is 11.0. The summed E-state index contributed by atoms with van der Waals surface area (Å²) in [4.78, 5) is 40.4. The molecule has 0 saturated carbocycles. The van der Waals surface area contributed by atoms with Crippen LogP contribution in [0.15, 0.2) is 54.9 Å². The number of nitrogens with zero attached hydrogens (tertiary/aromatic N) is 4. The molecule has 0 aliphatic carbocycles. The predicted molar refractivity (Wildman–Crippen MR) is 125 cm³/mol. The molecular formula is C25H18F3N5O3. The van der Waals surface area contributed by atoms with Gasteiger partial charge in [0.15, 0.2) is 5.82 Å². The number of benzene rings is 2. The van der Waals surface area contributed by atoms with E-state index in [2.05, 4.69) is 20.3 Å². The largest absolute Gasteiger partial charge is 0.378 e. The third-order valence-corrected chi connectivity index (χ3v) is 5.62. The van der Waals surface area contributed by atoms with Gasteiger partial charge in [-0.25, -0.2) is 23.1 Å². The summed E-state index contributed by atoms with van der Waals surface area (Å²) >= 11 is 0. The Morgan fingerprint density at radius 2 is 1.64 bits per heavy atom. The van der Waals surface area contributed by atoms with Crippen molar-refractivity contribution in [3.63, 3.8) is 0 Å². The van der Waals surface area contributed by atoms with Gasteiger partial charge in [-0.2, -0.15) is 0 Å². The molecule has 1 saturated heterocycles. The number of pyridine rings is 1. The number of fused-ring (bicyclic) bond motifs is 1. The third-order valence-electron chi connectivity index (χ3n) is 5.62. The second kappa shape index (κ2) is 9.70. The molecule has 5 rings (SSSR count). The normalized spacial score (nSPS) is 13.6. The number of carbonyl (C=O) groups is 2. The van der Waals surface area contributed by atoms with Crippen LogP contribution in [-0.2, 0) is 4.74 Å². The van der Waals surface area contributed by atoms with E-state index < -0.39 is 40.4 Å². The Hall–Kier alpha value is -4.38. The van der Waals surface area contributed by atoms with Gasteiger partial charge in [0.1, 0.15) is 28.7 Å². The van der Waals surface area contributed by atoms with Crippen LogP contribution < -0.4 is 10.2 Å².